The third-order valence-corrected chi connectivity index (χ3v) is 3.30. The van der Waals surface area contributed by atoms with Crippen LogP contribution in [0, 0.1) is 19.8 Å². The fraction of sp³-hybridized carbons (Fsp3) is 0.467. The maximum atomic E-state index is 12.0. The molecule has 0 spiro atoms. The molecule has 0 radical (unpaired) electrons. The predicted octanol–water partition coefficient (Wildman–Crippen LogP) is -0.168. The molecule has 0 saturated carbocycles. The van der Waals surface area contributed by atoms with Crippen LogP contribution in [0.15, 0.2) is 17.1 Å². The average molecular weight is 260 g/mol. The summed E-state index contributed by atoms with van der Waals surface area (Å²) in [5.74, 6) is -0.290. The molecule has 2 rings (SSSR count). The molecule has 4 nitrogen and oxygen atoms in total. The van der Waals surface area contributed by atoms with E-state index in [1.54, 1.807) is 0 Å². The van der Waals surface area contributed by atoms with Gasteiger partial charge in [0.1, 0.15) is 0 Å². The van der Waals surface area contributed by atoms with Crippen LogP contribution in [0.4, 0.5) is 0 Å². The van der Waals surface area contributed by atoms with Gasteiger partial charge in [-0.15, -0.1) is 0 Å². The SMILES string of the molecule is Cc1cc(C)c2c(c1)=NC(=O)C(CNCCCO)C=2. The van der Waals surface area contributed by atoms with Gasteiger partial charge in [-0.25, -0.2) is 4.99 Å². The lowest BCUT2D eigenvalue weighted by atomic mass is 10.00. The number of hydrogen-bond donors (Lipinski definition) is 2. The number of nitrogens with one attached hydrogen (secondary N) is 1. The summed E-state index contributed by atoms with van der Waals surface area (Å²) in [7, 11) is 0. The van der Waals surface area contributed by atoms with Crippen molar-refractivity contribution in [3.05, 3.63) is 33.8 Å². The quantitative estimate of drug-likeness (QED) is 0.723. The Balaban J connectivity index is 2.21. The molecule has 4 heteroatoms. The van der Waals surface area contributed by atoms with Crippen LogP contribution in [-0.4, -0.2) is 30.7 Å². The highest BCUT2D eigenvalue weighted by molar-refractivity contribution is 5.86. The van der Waals surface area contributed by atoms with Gasteiger partial charge in [0.2, 0.25) is 0 Å². The van der Waals surface area contributed by atoms with Crippen molar-refractivity contribution in [3.8, 4) is 0 Å². The largest absolute Gasteiger partial charge is 0.396 e. The number of benzene rings is 1. The van der Waals surface area contributed by atoms with Gasteiger partial charge in [-0.1, -0.05) is 12.1 Å². The minimum absolute atomic E-state index is 0.0889. The van der Waals surface area contributed by atoms with E-state index in [0.717, 1.165) is 21.7 Å². The molecule has 1 aromatic rings. The Morgan fingerprint density at radius 2 is 2.16 bits per heavy atom. The zero-order valence-electron chi connectivity index (χ0n) is 11.4. The van der Waals surface area contributed by atoms with E-state index in [2.05, 4.69) is 16.4 Å². The van der Waals surface area contributed by atoms with Crippen molar-refractivity contribution in [2.45, 2.75) is 20.3 Å². The zero-order valence-corrected chi connectivity index (χ0v) is 11.4. The van der Waals surface area contributed by atoms with E-state index in [4.69, 9.17) is 5.11 Å². The van der Waals surface area contributed by atoms with Gasteiger partial charge >= 0.3 is 0 Å². The van der Waals surface area contributed by atoms with Gasteiger partial charge in [-0.3, -0.25) is 4.79 Å². The normalized spacial score (nSPS) is 17.6. The van der Waals surface area contributed by atoms with Gasteiger partial charge < -0.3 is 10.4 Å². The number of aryl methyl sites for hydroxylation is 2. The fourth-order valence-corrected chi connectivity index (χ4v) is 2.35. The highest BCUT2D eigenvalue weighted by atomic mass is 16.3. The average Bonchev–Trinajstić information content (AvgIpc) is 2.35. The van der Waals surface area contributed by atoms with Crippen molar-refractivity contribution in [3.63, 3.8) is 0 Å². The number of fused-ring (bicyclic) bond motifs is 1. The lowest BCUT2D eigenvalue weighted by molar-refractivity contribution is -0.120. The summed E-state index contributed by atoms with van der Waals surface area (Å²) in [5, 5.41) is 13.7. The summed E-state index contributed by atoms with van der Waals surface area (Å²) in [5.41, 5.74) is 2.28. The van der Waals surface area contributed by atoms with E-state index in [1.807, 2.05) is 26.0 Å². The molecule has 1 amide bonds. The number of aliphatic hydroxyl groups is 1. The van der Waals surface area contributed by atoms with Gasteiger partial charge in [0.05, 0.1) is 11.3 Å². The van der Waals surface area contributed by atoms with Crippen molar-refractivity contribution in [2.75, 3.05) is 19.7 Å². The zero-order chi connectivity index (χ0) is 13.8. The molecular weight excluding hydrogens is 240 g/mol. The molecule has 0 fully saturated rings. The minimum Gasteiger partial charge on any atom is -0.396 e. The molecule has 1 aliphatic heterocycles. The first kappa shape index (κ1) is 13.9. The first-order valence-corrected chi connectivity index (χ1v) is 6.65. The molecule has 1 aliphatic rings. The Labute approximate surface area is 112 Å². The maximum Gasteiger partial charge on any atom is 0.254 e. The van der Waals surface area contributed by atoms with E-state index in [1.165, 1.54) is 0 Å². The second-order valence-corrected chi connectivity index (χ2v) is 5.02. The molecule has 2 N–H and O–H groups in total. The third-order valence-electron chi connectivity index (χ3n) is 3.30. The van der Waals surface area contributed by atoms with Gasteiger partial charge in [0.15, 0.2) is 0 Å². The van der Waals surface area contributed by atoms with Crippen LogP contribution in [0.25, 0.3) is 6.08 Å². The number of carbonyl (C=O) groups excluding carboxylic acids is 1. The molecule has 0 aliphatic carbocycles. The Hall–Kier alpha value is -1.52. The Morgan fingerprint density at radius 1 is 1.37 bits per heavy atom. The van der Waals surface area contributed by atoms with Gasteiger partial charge in [-0.05, 0) is 44.0 Å². The van der Waals surface area contributed by atoms with Crippen LogP contribution >= 0.6 is 0 Å². The summed E-state index contributed by atoms with van der Waals surface area (Å²) in [6.45, 7) is 5.52. The molecule has 1 atom stereocenters. The van der Waals surface area contributed by atoms with Gasteiger partial charge in [0, 0.05) is 18.4 Å². The van der Waals surface area contributed by atoms with Crippen molar-refractivity contribution >= 4 is 12.0 Å². The molecule has 0 saturated heterocycles. The molecule has 1 aromatic carbocycles. The second kappa shape index (κ2) is 6.08. The molecule has 19 heavy (non-hydrogen) atoms. The van der Waals surface area contributed by atoms with Crippen molar-refractivity contribution in [2.24, 2.45) is 10.9 Å². The van der Waals surface area contributed by atoms with Crippen LogP contribution in [-0.2, 0) is 4.79 Å². The summed E-state index contributed by atoms with van der Waals surface area (Å²) in [4.78, 5) is 16.1. The van der Waals surface area contributed by atoms with E-state index in [-0.39, 0.29) is 18.4 Å². The van der Waals surface area contributed by atoms with Crippen LogP contribution in [0.2, 0.25) is 0 Å². The first-order chi connectivity index (χ1) is 9.11. The van der Waals surface area contributed by atoms with Gasteiger partial charge in [0.25, 0.3) is 5.91 Å². The van der Waals surface area contributed by atoms with Crippen LogP contribution in [0.3, 0.4) is 0 Å². The van der Waals surface area contributed by atoms with Crippen molar-refractivity contribution in [1.82, 2.24) is 5.32 Å². The molecule has 1 unspecified atom stereocenters. The third kappa shape index (κ3) is 3.28. The highest BCUT2D eigenvalue weighted by Gasteiger charge is 2.18. The Kier molecular flexibility index (Phi) is 4.45. The Morgan fingerprint density at radius 3 is 2.89 bits per heavy atom. The summed E-state index contributed by atoms with van der Waals surface area (Å²) < 4.78 is 0. The summed E-state index contributed by atoms with van der Waals surface area (Å²) in [6.07, 6.45) is 2.71. The van der Waals surface area contributed by atoms with E-state index in [0.29, 0.717) is 19.5 Å². The standard InChI is InChI=1S/C15H20N2O2/c1-10-6-11(2)13-8-12(9-16-4-3-5-18)15(19)17-14(13)7-10/h6-8,12,16,18H,3-5,9H2,1-2H3. The van der Waals surface area contributed by atoms with Crippen LogP contribution in [0.1, 0.15) is 17.5 Å². The van der Waals surface area contributed by atoms with Crippen molar-refractivity contribution in [1.29, 1.82) is 0 Å². The number of rotatable bonds is 5. The van der Waals surface area contributed by atoms with E-state index in [9.17, 15) is 4.79 Å². The lowest BCUT2D eigenvalue weighted by Crippen LogP contribution is -2.39. The number of amides is 1. The summed E-state index contributed by atoms with van der Waals surface area (Å²) >= 11 is 0. The number of hydrogen-bond acceptors (Lipinski definition) is 3. The smallest absolute Gasteiger partial charge is 0.254 e. The van der Waals surface area contributed by atoms with E-state index < -0.39 is 0 Å². The minimum atomic E-state index is -0.201. The number of aliphatic hydroxyl groups excluding tert-OH is 1. The highest BCUT2D eigenvalue weighted by Crippen LogP contribution is 2.05. The Bertz CT molecular complexity index is 593. The summed E-state index contributed by atoms with van der Waals surface area (Å²) in [6, 6.07) is 4.06. The molecule has 102 valence electrons. The topological polar surface area (TPSA) is 61.7 Å². The van der Waals surface area contributed by atoms with Gasteiger partial charge in [-0.2, -0.15) is 0 Å². The lowest BCUT2D eigenvalue weighted by Gasteiger charge is -2.14. The van der Waals surface area contributed by atoms with Crippen molar-refractivity contribution < 1.29 is 9.90 Å². The monoisotopic (exact) mass is 260 g/mol. The second-order valence-electron chi connectivity index (χ2n) is 5.02. The molecule has 0 aromatic heterocycles. The predicted molar refractivity (Wildman–Crippen MR) is 74.2 cm³/mol. The van der Waals surface area contributed by atoms with Crippen LogP contribution < -0.4 is 15.9 Å². The number of carbonyl (C=O) groups is 1. The number of nitrogens with zero attached hydrogens (tertiary/aromatic N) is 1. The molecule has 1 heterocycles. The van der Waals surface area contributed by atoms with Crippen LogP contribution in [0.5, 0.6) is 0 Å². The molecular formula is C15H20N2O2. The van der Waals surface area contributed by atoms with E-state index >= 15 is 0 Å². The first-order valence-electron chi connectivity index (χ1n) is 6.65. The maximum absolute atomic E-state index is 12.0. The fourth-order valence-electron chi connectivity index (χ4n) is 2.35. The molecule has 0 bridgehead atoms.